The summed E-state index contributed by atoms with van der Waals surface area (Å²) in [4.78, 5) is 0.631. The van der Waals surface area contributed by atoms with Gasteiger partial charge in [-0.3, -0.25) is 0 Å². The molecule has 0 spiro atoms. The van der Waals surface area contributed by atoms with Gasteiger partial charge in [-0.1, -0.05) is 43.6 Å². The maximum Gasteiger partial charge on any atom is 0.0651 e. The third-order valence-electron chi connectivity index (χ3n) is 3.26. The summed E-state index contributed by atoms with van der Waals surface area (Å²) in [5.74, 6) is 0.730. The molecule has 0 aromatic heterocycles. The van der Waals surface area contributed by atoms with Crippen molar-refractivity contribution >= 4 is 15.9 Å². The monoisotopic (exact) mass is 262 g/mol. The molecule has 14 heavy (non-hydrogen) atoms. The van der Waals surface area contributed by atoms with E-state index in [1.807, 2.05) is 0 Å². The summed E-state index contributed by atoms with van der Waals surface area (Å²) in [6, 6.07) is 0. The van der Waals surface area contributed by atoms with Crippen LogP contribution in [-0.2, 0) is 4.74 Å². The normalized spacial score (nSPS) is 32.8. The quantitative estimate of drug-likeness (QED) is 0.696. The van der Waals surface area contributed by atoms with Gasteiger partial charge >= 0.3 is 0 Å². The Labute approximate surface area is 96.7 Å². The topological polar surface area (TPSA) is 9.23 Å². The van der Waals surface area contributed by atoms with Gasteiger partial charge < -0.3 is 4.74 Å². The van der Waals surface area contributed by atoms with Crippen LogP contribution in [0.5, 0.6) is 0 Å². The molecule has 1 fully saturated rings. The molecule has 2 heteroatoms. The zero-order valence-electron chi connectivity index (χ0n) is 10.0. The van der Waals surface area contributed by atoms with Crippen molar-refractivity contribution in [1.82, 2.24) is 0 Å². The Balaban J connectivity index is 2.32. The lowest BCUT2D eigenvalue weighted by molar-refractivity contribution is -0.120. The molecule has 0 bridgehead atoms. The first kappa shape index (κ1) is 12.5. The second kappa shape index (κ2) is 4.52. The highest BCUT2D eigenvalue weighted by molar-refractivity contribution is 9.09. The van der Waals surface area contributed by atoms with Crippen LogP contribution in [0, 0.1) is 11.3 Å². The van der Waals surface area contributed by atoms with Gasteiger partial charge in [0, 0.05) is 10.2 Å². The van der Waals surface area contributed by atoms with Crippen LogP contribution in [0.15, 0.2) is 0 Å². The van der Waals surface area contributed by atoms with E-state index in [2.05, 4.69) is 50.5 Å². The Morgan fingerprint density at radius 2 is 1.93 bits per heavy atom. The SMILES string of the molecule is CC(C)CC(C)OC1CC(Br)C1(C)C. The molecule has 3 atom stereocenters. The molecule has 84 valence electrons. The van der Waals surface area contributed by atoms with E-state index in [0.29, 0.717) is 22.5 Å². The molecule has 0 radical (unpaired) electrons. The number of hydrogen-bond donors (Lipinski definition) is 0. The van der Waals surface area contributed by atoms with E-state index >= 15 is 0 Å². The van der Waals surface area contributed by atoms with E-state index in [0.717, 1.165) is 12.3 Å². The summed E-state index contributed by atoms with van der Waals surface area (Å²) in [7, 11) is 0. The highest BCUT2D eigenvalue weighted by atomic mass is 79.9. The van der Waals surface area contributed by atoms with Gasteiger partial charge in [-0.05, 0) is 25.7 Å². The van der Waals surface area contributed by atoms with Gasteiger partial charge in [-0.2, -0.15) is 0 Å². The molecule has 0 aliphatic heterocycles. The highest BCUT2D eigenvalue weighted by Crippen LogP contribution is 2.47. The summed E-state index contributed by atoms with van der Waals surface area (Å²) in [6.45, 7) is 11.3. The van der Waals surface area contributed by atoms with Crippen molar-refractivity contribution < 1.29 is 4.74 Å². The van der Waals surface area contributed by atoms with Gasteiger partial charge in [0.15, 0.2) is 0 Å². The van der Waals surface area contributed by atoms with Gasteiger partial charge in [0.05, 0.1) is 12.2 Å². The Morgan fingerprint density at radius 3 is 2.29 bits per heavy atom. The van der Waals surface area contributed by atoms with Gasteiger partial charge in [0.25, 0.3) is 0 Å². The molecule has 1 saturated carbocycles. The Hall–Kier alpha value is 0.440. The number of halogens is 1. The van der Waals surface area contributed by atoms with Crippen molar-refractivity contribution in [1.29, 1.82) is 0 Å². The van der Waals surface area contributed by atoms with Crippen LogP contribution in [0.1, 0.15) is 47.5 Å². The summed E-state index contributed by atoms with van der Waals surface area (Å²) < 4.78 is 6.05. The molecule has 1 aliphatic carbocycles. The molecule has 1 aliphatic rings. The molecule has 1 rings (SSSR count). The largest absolute Gasteiger partial charge is 0.375 e. The van der Waals surface area contributed by atoms with Crippen molar-refractivity contribution in [3.63, 3.8) is 0 Å². The van der Waals surface area contributed by atoms with Gasteiger partial charge in [-0.15, -0.1) is 0 Å². The molecule has 0 saturated heterocycles. The number of alkyl halides is 1. The highest BCUT2D eigenvalue weighted by Gasteiger charge is 2.48. The second-order valence-electron chi connectivity index (χ2n) is 5.59. The minimum absolute atomic E-state index is 0.311. The number of ether oxygens (including phenoxy) is 1. The average molecular weight is 263 g/mol. The van der Waals surface area contributed by atoms with Crippen LogP contribution >= 0.6 is 15.9 Å². The third-order valence-corrected chi connectivity index (χ3v) is 4.81. The zero-order chi connectivity index (χ0) is 10.9. The minimum Gasteiger partial charge on any atom is -0.375 e. The standard InChI is InChI=1S/C12H23BrO/c1-8(2)6-9(3)14-11-7-10(13)12(11,4)5/h8-11H,6-7H2,1-5H3. The van der Waals surface area contributed by atoms with Crippen molar-refractivity contribution in [3.8, 4) is 0 Å². The predicted octanol–water partition coefficient (Wildman–Crippen LogP) is 4.00. The fourth-order valence-corrected chi connectivity index (χ4v) is 2.70. The smallest absolute Gasteiger partial charge is 0.0651 e. The fourth-order valence-electron chi connectivity index (χ4n) is 2.07. The van der Waals surface area contributed by atoms with Crippen molar-refractivity contribution in [2.24, 2.45) is 11.3 Å². The van der Waals surface area contributed by atoms with Crippen LogP contribution in [0.4, 0.5) is 0 Å². The lowest BCUT2D eigenvalue weighted by Gasteiger charge is -2.50. The average Bonchev–Trinajstić information content (AvgIpc) is 2.02. The molecular weight excluding hydrogens is 240 g/mol. The van der Waals surface area contributed by atoms with Gasteiger partial charge in [0.2, 0.25) is 0 Å². The van der Waals surface area contributed by atoms with Crippen molar-refractivity contribution in [3.05, 3.63) is 0 Å². The lowest BCUT2D eigenvalue weighted by Crippen LogP contribution is -2.52. The summed E-state index contributed by atoms with van der Waals surface area (Å²) in [6.07, 6.45) is 3.18. The maximum atomic E-state index is 6.05. The van der Waals surface area contributed by atoms with Crippen LogP contribution in [0.3, 0.4) is 0 Å². The Kier molecular flexibility index (Phi) is 4.04. The second-order valence-corrected chi connectivity index (χ2v) is 6.69. The first-order valence-electron chi connectivity index (χ1n) is 5.63. The summed E-state index contributed by atoms with van der Waals surface area (Å²) >= 11 is 3.68. The van der Waals surface area contributed by atoms with Crippen LogP contribution in [-0.4, -0.2) is 17.0 Å². The summed E-state index contributed by atoms with van der Waals surface area (Å²) in [5, 5.41) is 0. The van der Waals surface area contributed by atoms with E-state index in [4.69, 9.17) is 4.74 Å². The number of hydrogen-bond acceptors (Lipinski definition) is 1. The van der Waals surface area contributed by atoms with E-state index in [-0.39, 0.29) is 0 Å². The van der Waals surface area contributed by atoms with Gasteiger partial charge in [0.1, 0.15) is 0 Å². The van der Waals surface area contributed by atoms with Crippen LogP contribution < -0.4 is 0 Å². The van der Waals surface area contributed by atoms with Crippen molar-refractivity contribution in [2.75, 3.05) is 0 Å². The molecule has 0 N–H and O–H groups in total. The Morgan fingerprint density at radius 1 is 1.36 bits per heavy atom. The molecule has 0 amide bonds. The number of rotatable bonds is 4. The first-order chi connectivity index (χ1) is 6.34. The van der Waals surface area contributed by atoms with E-state index in [1.54, 1.807) is 0 Å². The zero-order valence-corrected chi connectivity index (χ0v) is 11.6. The maximum absolute atomic E-state index is 6.05. The molecule has 0 aromatic rings. The van der Waals surface area contributed by atoms with E-state index in [1.165, 1.54) is 6.42 Å². The molecule has 0 aromatic carbocycles. The van der Waals surface area contributed by atoms with Crippen LogP contribution in [0.25, 0.3) is 0 Å². The minimum atomic E-state index is 0.311. The molecule has 1 nitrogen and oxygen atoms in total. The lowest BCUT2D eigenvalue weighted by atomic mass is 9.69. The predicted molar refractivity (Wildman–Crippen MR) is 64.9 cm³/mol. The van der Waals surface area contributed by atoms with Gasteiger partial charge in [-0.25, -0.2) is 0 Å². The van der Waals surface area contributed by atoms with E-state index < -0.39 is 0 Å². The Bertz CT molecular complexity index is 189. The third kappa shape index (κ3) is 2.73. The van der Waals surface area contributed by atoms with Crippen molar-refractivity contribution in [2.45, 2.75) is 64.5 Å². The molecular formula is C12H23BrO. The fraction of sp³-hybridized carbons (Fsp3) is 1.00. The van der Waals surface area contributed by atoms with E-state index in [9.17, 15) is 0 Å². The molecule has 3 unspecified atom stereocenters. The first-order valence-corrected chi connectivity index (χ1v) is 6.55. The van der Waals surface area contributed by atoms with Crippen LogP contribution in [0.2, 0.25) is 0 Å². The summed E-state index contributed by atoms with van der Waals surface area (Å²) in [5.41, 5.74) is 0.311. The molecule has 0 heterocycles.